The summed E-state index contributed by atoms with van der Waals surface area (Å²) in [6, 6.07) is -3.78. The highest BCUT2D eigenvalue weighted by Gasteiger charge is 2.59. The van der Waals surface area contributed by atoms with Crippen molar-refractivity contribution in [3.63, 3.8) is 0 Å². The molecule has 0 radical (unpaired) electrons. The molecule has 0 aliphatic carbocycles. The van der Waals surface area contributed by atoms with Crippen molar-refractivity contribution in [2.24, 2.45) is 0 Å². The summed E-state index contributed by atoms with van der Waals surface area (Å²) in [4.78, 5) is 35.2. The monoisotopic (exact) mass is 1220 g/mol. The first kappa shape index (κ1) is 68.1. The molecule has 83 heavy (non-hydrogen) atoms. The molecule has 7 heterocycles. The van der Waals surface area contributed by atoms with Gasteiger partial charge in [0.05, 0.1) is 39.1 Å². The Bertz CT molecular complexity index is 2040. The molecular weight excluding hydrogens is 1140 g/mol. The molecule has 7 rings (SSSR count). The Kier molecular flexibility index (Phi) is 24.0. The van der Waals surface area contributed by atoms with Gasteiger partial charge in [0.1, 0.15) is 159 Å². The quantitative estimate of drug-likeness (QED) is 0.0306. The van der Waals surface area contributed by atoms with Gasteiger partial charge in [0.2, 0.25) is 24.4 Å². The molecule has 38 heteroatoms. The molecule has 2 amide bonds. The summed E-state index contributed by atoms with van der Waals surface area (Å²) in [5.74, 6) is -1.81. The number of aliphatic hydroxyl groups is 20. The first-order valence-corrected chi connectivity index (χ1v) is 26.2. The molecule has 0 saturated carbocycles. The average Bonchev–Trinajstić information content (AvgIpc) is 3.47. The Morgan fingerprint density at radius 3 is 1.54 bits per heavy atom. The smallest absolute Gasteiger partial charge is 0.220 e. The Morgan fingerprint density at radius 1 is 0.458 bits per heavy atom. The van der Waals surface area contributed by atoms with Gasteiger partial charge in [0, 0.05) is 13.8 Å². The van der Waals surface area contributed by atoms with E-state index in [1.165, 1.54) is 6.92 Å². The van der Waals surface area contributed by atoms with E-state index in [1.807, 2.05) is 0 Å². The Hall–Kier alpha value is -2.42. The van der Waals surface area contributed by atoms with E-state index in [2.05, 4.69) is 10.6 Å². The van der Waals surface area contributed by atoms with Crippen LogP contribution in [-0.4, -0.2) is 362 Å². The van der Waals surface area contributed by atoms with Crippen molar-refractivity contribution in [1.82, 2.24) is 10.6 Å². The van der Waals surface area contributed by atoms with Crippen LogP contribution in [-0.2, 0) is 76.2 Å². The van der Waals surface area contributed by atoms with Crippen molar-refractivity contribution < 1.29 is 178 Å². The predicted molar refractivity (Wildman–Crippen MR) is 250 cm³/mol. The zero-order valence-electron chi connectivity index (χ0n) is 44.2. The highest BCUT2D eigenvalue weighted by atomic mass is 17.2. The van der Waals surface area contributed by atoms with Gasteiger partial charge in [-0.1, -0.05) is 0 Å². The largest absolute Gasteiger partial charge is 0.394 e. The molecule has 35 atom stereocenters. The summed E-state index contributed by atoms with van der Waals surface area (Å²) < 4.78 is 69.5. The second kappa shape index (κ2) is 29.3. The number of nitrogens with one attached hydrogen (secondary N) is 2. The molecular formula is C45H76N2O36. The van der Waals surface area contributed by atoms with Crippen LogP contribution in [0.1, 0.15) is 20.8 Å². The van der Waals surface area contributed by atoms with Crippen LogP contribution in [0.15, 0.2) is 0 Å². The van der Waals surface area contributed by atoms with Gasteiger partial charge in [-0.25, -0.2) is 0 Å². The summed E-state index contributed by atoms with van der Waals surface area (Å²) >= 11 is 0. The fourth-order valence-corrected chi connectivity index (χ4v) is 10.2. The summed E-state index contributed by atoms with van der Waals surface area (Å²) in [5.41, 5.74) is 0. The third-order valence-electron chi connectivity index (χ3n) is 14.9. The Balaban J connectivity index is 1.23. The zero-order chi connectivity index (χ0) is 61.2. The standard InChI is InChI=1S/C45H76N2O36/c1-9-19(54)26(61)32(67)44(72-9)83-82-39(69)36-35(24(59)17(38(68)77-36)46-10(2)51)79-40-18(47-11(3)52)25(60)33(15(6-50)75-40)78-45-37(81-42-29(64)20(55)12(53)7-70-42)34(80-43-31(66)28(63)22(57)14(5-49)74-43)23(58)16(76-45)8-71-41-30(65)27(62)21(56)13(4-48)73-41/h9,12-45,48-50,53-69H,4-8H2,1-3H3,(H,46,51)(H,47,52)/t9-,12+,13+,14+,15+,16+,17+,18+,19+,20-,21+,22+,23+,24+,25+,26+,27-,28-,29+,30-,31-,32-,33+,34-,35-,36-,37-,38+,39?,40-,41-,42-,43+,44-,45-/m0/s1. The van der Waals surface area contributed by atoms with E-state index in [-0.39, 0.29) is 0 Å². The van der Waals surface area contributed by atoms with Crippen LogP contribution < -0.4 is 10.6 Å². The topological polar surface area (TPSA) is 592 Å². The molecule has 22 N–H and O–H groups in total. The maximum absolute atomic E-state index is 13.0. The number of aliphatic hydroxyl groups excluding tert-OH is 20. The first-order chi connectivity index (χ1) is 39.1. The van der Waals surface area contributed by atoms with E-state index in [1.54, 1.807) is 0 Å². The predicted octanol–water partition coefficient (Wildman–Crippen LogP) is -15.1. The number of hydrogen-bond donors (Lipinski definition) is 22. The minimum atomic E-state index is -2.52. The van der Waals surface area contributed by atoms with Crippen LogP contribution in [0, 0.1) is 0 Å². The van der Waals surface area contributed by atoms with Gasteiger partial charge in [0.15, 0.2) is 37.7 Å². The van der Waals surface area contributed by atoms with Gasteiger partial charge in [-0.3, -0.25) is 9.59 Å². The zero-order valence-corrected chi connectivity index (χ0v) is 44.2. The van der Waals surface area contributed by atoms with Gasteiger partial charge in [-0.2, -0.15) is 9.78 Å². The lowest BCUT2D eigenvalue weighted by Gasteiger charge is -2.51. The second-order valence-corrected chi connectivity index (χ2v) is 20.8. The maximum Gasteiger partial charge on any atom is 0.220 e. The number of carbonyl (C=O) groups is 2. The minimum Gasteiger partial charge on any atom is -0.394 e. The van der Waals surface area contributed by atoms with Gasteiger partial charge < -0.3 is 170 Å². The van der Waals surface area contributed by atoms with Crippen LogP contribution in [0.4, 0.5) is 0 Å². The normalized spacial score (nSPS) is 50.3. The van der Waals surface area contributed by atoms with Crippen LogP contribution in [0.25, 0.3) is 0 Å². The molecule has 0 aromatic carbocycles. The molecule has 7 aliphatic heterocycles. The van der Waals surface area contributed by atoms with E-state index >= 15 is 0 Å². The summed E-state index contributed by atoms with van der Waals surface area (Å²) in [5, 5.41) is 220. The number of carbonyl (C=O) groups excluding carboxylic acids is 2. The van der Waals surface area contributed by atoms with Crippen LogP contribution >= 0.6 is 0 Å². The molecule has 38 nitrogen and oxygen atoms in total. The van der Waals surface area contributed by atoms with Crippen molar-refractivity contribution in [2.45, 2.75) is 236 Å². The van der Waals surface area contributed by atoms with Crippen molar-refractivity contribution in [3.8, 4) is 0 Å². The maximum atomic E-state index is 13.0. The van der Waals surface area contributed by atoms with E-state index in [0.29, 0.717) is 0 Å². The lowest BCUT2D eigenvalue weighted by molar-refractivity contribution is -0.478. The van der Waals surface area contributed by atoms with Crippen molar-refractivity contribution >= 4 is 11.8 Å². The lowest BCUT2D eigenvalue weighted by Crippen LogP contribution is -2.71. The van der Waals surface area contributed by atoms with Crippen molar-refractivity contribution in [1.29, 1.82) is 0 Å². The third-order valence-corrected chi connectivity index (χ3v) is 14.9. The molecule has 7 aliphatic rings. The van der Waals surface area contributed by atoms with Crippen molar-refractivity contribution in [3.05, 3.63) is 0 Å². The van der Waals surface area contributed by atoms with Crippen LogP contribution in [0.3, 0.4) is 0 Å². The van der Waals surface area contributed by atoms with Crippen molar-refractivity contribution in [2.75, 3.05) is 33.0 Å². The second-order valence-electron chi connectivity index (χ2n) is 20.8. The molecule has 0 aromatic rings. The molecule has 7 saturated heterocycles. The summed E-state index contributed by atoms with van der Waals surface area (Å²) in [6.07, 6.45) is -66.4. The fraction of sp³-hybridized carbons (Fsp3) is 0.956. The number of rotatable bonds is 20. The first-order valence-electron chi connectivity index (χ1n) is 26.2. The average molecular weight is 1220 g/mol. The molecule has 1 unspecified atom stereocenters. The van der Waals surface area contributed by atoms with Gasteiger partial charge in [-0.05, 0) is 6.92 Å². The van der Waals surface area contributed by atoms with E-state index in [0.717, 1.165) is 13.8 Å². The van der Waals surface area contributed by atoms with E-state index in [4.69, 9.17) is 66.6 Å². The van der Waals surface area contributed by atoms with Crippen LogP contribution in [0.5, 0.6) is 0 Å². The number of ether oxygens (including phenoxy) is 12. The number of amides is 2. The van der Waals surface area contributed by atoms with Gasteiger partial charge in [0.25, 0.3) is 0 Å². The number of hydrogen-bond acceptors (Lipinski definition) is 36. The van der Waals surface area contributed by atoms with Crippen LogP contribution in [0.2, 0.25) is 0 Å². The highest BCUT2D eigenvalue weighted by Crippen LogP contribution is 2.38. The summed E-state index contributed by atoms with van der Waals surface area (Å²) in [7, 11) is 0. The molecule has 482 valence electrons. The molecule has 0 aromatic heterocycles. The van der Waals surface area contributed by atoms with E-state index < -0.39 is 260 Å². The molecule has 0 spiro atoms. The third kappa shape index (κ3) is 15.0. The lowest BCUT2D eigenvalue weighted by atomic mass is 9.93. The highest BCUT2D eigenvalue weighted by molar-refractivity contribution is 5.73. The Morgan fingerprint density at radius 2 is 0.940 bits per heavy atom. The molecule has 0 bridgehead atoms. The van der Waals surface area contributed by atoms with Gasteiger partial charge >= 0.3 is 0 Å². The van der Waals surface area contributed by atoms with Gasteiger partial charge in [-0.15, -0.1) is 0 Å². The Labute approximate surface area is 469 Å². The minimum absolute atomic E-state index is 0.728. The molecule has 7 fully saturated rings. The summed E-state index contributed by atoms with van der Waals surface area (Å²) in [6.45, 7) is -1.63. The SMILES string of the molecule is CC(=O)N[C@@H]1[C@@H](O)[C@H](O[C@@H]2O[C@H](CO)[C@@H](O[C@@H]3O[C@H](CO[C@H]4O[C@H](CO)[C@@H](O)[C@H](O)[C@@H]4O)[C@@H](O)[C@H](O[C@H]4O[C@H](CO)[C@@H](O)[C@H](O)[C@@H]4O)[C@@H]3O[C@@H]3OC[C@@H](O)[C@H](O)[C@H]3O)[C@H](O)[C@H]2NC(C)=O)[C@@H](C(O)OO[C@@H]2O[C@@H](C)[C@@H](O)[C@@H](O)[C@@H]2O)O[C@H]1O. The van der Waals surface area contributed by atoms with E-state index in [9.17, 15) is 112 Å². The fourth-order valence-electron chi connectivity index (χ4n) is 10.2.